The molecule has 0 aliphatic rings. The van der Waals surface area contributed by atoms with E-state index in [9.17, 15) is 4.79 Å². The van der Waals surface area contributed by atoms with Crippen LogP contribution in [0.2, 0.25) is 0 Å². The van der Waals surface area contributed by atoms with Crippen LogP contribution in [0.4, 0.5) is 0 Å². The second kappa shape index (κ2) is 8.53. The number of hydrogen-bond acceptors (Lipinski definition) is 4. The molecule has 0 aliphatic heterocycles. The van der Waals surface area contributed by atoms with E-state index >= 15 is 0 Å². The van der Waals surface area contributed by atoms with Crippen LogP contribution in [0, 0.1) is 5.41 Å². The zero-order valence-corrected chi connectivity index (χ0v) is 10.9. The van der Waals surface area contributed by atoms with Crippen molar-refractivity contribution < 1.29 is 19.0 Å². The molecule has 0 saturated heterocycles. The molecular weight excluding hydrogens is 208 g/mol. The normalized spacial score (nSPS) is 11.5. The minimum atomic E-state index is -0.397. The summed E-state index contributed by atoms with van der Waals surface area (Å²) in [6, 6.07) is 0. The smallest absolute Gasteiger partial charge is 0.311 e. The Labute approximate surface area is 98.3 Å². The molecule has 0 saturated carbocycles. The maximum Gasteiger partial charge on any atom is 0.311 e. The Bertz CT molecular complexity index is 189. The van der Waals surface area contributed by atoms with E-state index in [1.54, 1.807) is 0 Å². The fourth-order valence-electron chi connectivity index (χ4n) is 0.897. The average Bonchev–Trinajstić information content (AvgIpc) is 2.27. The Morgan fingerprint density at radius 2 is 1.56 bits per heavy atom. The molecule has 0 radical (unpaired) electrons. The third-order valence-corrected chi connectivity index (χ3v) is 2.47. The second-order valence-corrected chi connectivity index (χ2v) is 4.18. The van der Waals surface area contributed by atoms with Gasteiger partial charge in [-0.15, -0.1) is 0 Å². The second-order valence-electron chi connectivity index (χ2n) is 4.18. The third kappa shape index (κ3) is 6.80. The Hall–Kier alpha value is -0.610. The minimum Gasteiger partial charge on any atom is -0.463 e. The van der Waals surface area contributed by atoms with Gasteiger partial charge in [0.2, 0.25) is 0 Å². The van der Waals surface area contributed by atoms with Gasteiger partial charge in [0.25, 0.3) is 0 Å². The zero-order valence-electron chi connectivity index (χ0n) is 10.9. The van der Waals surface area contributed by atoms with E-state index in [4.69, 9.17) is 14.2 Å². The lowest BCUT2D eigenvalue weighted by atomic mass is 9.91. The third-order valence-electron chi connectivity index (χ3n) is 2.47. The largest absolute Gasteiger partial charge is 0.463 e. The predicted molar refractivity (Wildman–Crippen MR) is 62.3 cm³/mol. The van der Waals surface area contributed by atoms with Crippen LogP contribution in [0.25, 0.3) is 0 Å². The predicted octanol–water partition coefficient (Wildman–Crippen LogP) is 2.02. The Balaban J connectivity index is 3.42. The number of carbonyl (C=O) groups is 1. The van der Waals surface area contributed by atoms with E-state index in [1.165, 1.54) is 0 Å². The number of rotatable bonds is 9. The summed E-state index contributed by atoms with van der Waals surface area (Å²) in [5, 5.41) is 0. The van der Waals surface area contributed by atoms with E-state index in [-0.39, 0.29) is 5.97 Å². The van der Waals surface area contributed by atoms with E-state index < -0.39 is 5.41 Å². The highest BCUT2D eigenvalue weighted by molar-refractivity contribution is 5.75. The summed E-state index contributed by atoms with van der Waals surface area (Å²) in [5.41, 5.74) is -0.397. The number of hydrogen-bond donors (Lipinski definition) is 0. The van der Waals surface area contributed by atoms with Crippen LogP contribution in [-0.4, -0.2) is 39.0 Å². The fraction of sp³-hybridized carbons (Fsp3) is 0.917. The molecule has 0 aromatic heterocycles. The molecule has 4 heteroatoms. The van der Waals surface area contributed by atoms with Crippen LogP contribution in [0.15, 0.2) is 0 Å². The molecule has 0 heterocycles. The topological polar surface area (TPSA) is 44.8 Å². The van der Waals surface area contributed by atoms with E-state index in [0.717, 1.165) is 6.42 Å². The highest BCUT2D eigenvalue weighted by Crippen LogP contribution is 2.21. The van der Waals surface area contributed by atoms with Crippen LogP contribution in [-0.2, 0) is 19.0 Å². The summed E-state index contributed by atoms with van der Waals surface area (Å²) < 4.78 is 15.4. The van der Waals surface area contributed by atoms with Crippen molar-refractivity contribution in [2.75, 3.05) is 33.0 Å². The summed E-state index contributed by atoms with van der Waals surface area (Å²) in [7, 11) is 0. The van der Waals surface area contributed by atoms with E-state index in [0.29, 0.717) is 33.0 Å². The lowest BCUT2D eigenvalue weighted by molar-refractivity contribution is -0.155. The Morgan fingerprint density at radius 1 is 1.00 bits per heavy atom. The van der Waals surface area contributed by atoms with E-state index in [1.807, 2.05) is 27.7 Å². The van der Waals surface area contributed by atoms with Gasteiger partial charge in [0.1, 0.15) is 6.61 Å². The molecule has 4 nitrogen and oxygen atoms in total. The Morgan fingerprint density at radius 3 is 2.12 bits per heavy atom. The summed E-state index contributed by atoms with van der Waals surface area (Å²) in [6.07, 6.45) is 0.775. The van der Waals surface area contributed by atoms with Gasteiger partial charge in [0, 0.05) is 6.61 Å². The van der Waals surface area contributed by atoms with Gasteiger partial charge in [0.05, 0.1) is 25.2 Å². The van der Waals surface area contributed by atoms with Gasteiger partial charge >= 0.3 is 5.97 Å². The van der Waals surface area contributed by atoms with Gasteiger partial charge in [-0.1, -0.05) is 6.92 Å². The molecule has 0 aromatic carbocycles. The average molecular weight is 232 g/mol. The summed E-state index contributed by atoms with van der Waals surface area (Å²) in [5.74, 6) is -0.164. The van der Waals surface area contributed by atoms with E-state index in [2.05, 4.69) is 0 Å². The standard InChI is InChI=1S/C12H24O4/c1-5-12(3,4)11(13)16-10-9-15-8-7-14-6-2/h5-10H2,1-4H3. The molecule has 16 heavy (non-hydrogen) atoms. The van der Waals surface area contributed by atoms with Crippen molar-refractivity contribution in [3.63, 3.8) is 0 Å². The highest BCUT2D eigenvalue weighted by Gasteiger charge is 2.26. The molecule has 0 unspecified atom stereocenters. The van der Waals surface area contributed by atoms with Gasteiger partial charge in [-0.25, -0.2) is 0 Å². The first kappa shape index (κ1) is 15.4. The van der Waals surface area contributed by atoms with Crippen molar-refractivity contribution in [3.05, 3.63) is 0 Å². The first-order valence-electron chi connectivity index (χ1n) is 5.87. The summed E-state index contributed by atoms with van der Waals surface area (Å²) in [6.45, 7) is 10.2. The van der Waals surface area contributed by atoms with Gasteiger partial charge < -0.3 is 14.2 Å². The Kier molecular flexibility index (Phi) is 8.21. The summed E-state index contributed by atoms with van der Waals surface area (Å²) in [4.78, 5) is 11.5. The van der Waals surface area contributed by atoms with Crippen molar-refractivity contribution in [2.24, 2.45) is 5.41 Å². The summed E-state index contributed by atoms with van der Waals surface area (Å²) >= 11 is 0. The minimum absolute atomic E-state index is 0.164. The van der Waals surface area contributed by atoms with Gasteiger partial charge in [-0.05, 0) is 27.2 Å². The van der Waals surface area contributed by atoms with Crippen molar-refractivity contribution in [1.82, 2.24) is 0 Å². The number of carbonyl (C=O) groups excluding carboxylic acids is 1. The van der Waals surface area contributed by atoms with Crippen LogP contribution in [0.3, 0.4) is 0 Å². The van der Waals surface area contributed by atoms with Crippen molar-refractivity contribution in [2.45, 2.75) is 34.1 Å². The maximum absolute atomic E-state index is 11.5. The SMILES string of the molecule is CCOCCOCCOC(=O)C(C)(C)CC. The number of esters is 1. The molecule has 0 bridgehead atoms. The van der Waals surface area contributed by atoms with Gasteiger partial charge in [-0.3, -0.25) is 4.79 Å². The number of ether oxygens (including phenoxy) is 3. The molecule has 0 N–H and O–H groups in total. The van der Waals surface area contributed by atoms with Gasteiger partial charge in [-0.2, -0.15) is 0 Å². The molecule has 0 atom stereocenters. The van der Waals surface area contributed by atoms with Gasteiger partial charge in [0.15, 0.2) is 0 Å². The fourth-order valence-corrected chi connectivity index (χ4v) is 0.897. The zero-order chi connectivity index (χ0) is 12.4. The van der Waals surface area contributed by atoms with Crippen molar-refractivity contribution in [1.29, 1.82) is 0 Å². The van der Waals surface area contributed by atoms with Crippen molar-refractivity contribution >= 4 is 5.97 Å². The molecule has 0 spiro atoms. The molecular formula is C12H24O4. The van der Waals surface area contributed by atoms with Crippen LogP contribution in [0.5, 0.6) is 0 Å². The van der Waals surface area contributed by atoms with Crippen LogP contribution < -0.4 is 0 Å². The first-order valence-corrected chi connectivity index (χ1v) is 5.87. The van der Waals surface area contributed by atoms with Crippen LogP contribution in [0.1, 0.15) is 34.1 Å². The first-order chi connectivity index (χ1) is 7.54. The molecule has 0 aliphatic carbocycles. The molecule has 0 fully saturated rings. The molecule has 0 aromatic rings. The maximum atomic E-state index is 11.5. The molecule has 96 valence electrons. The quantitative estimate of drug-likeness (QED) is 0.450. The molecule has 0 amide bonds. The lowest BCUT2D eigenvalue weighted by Crippen LogP contribution is -2.27. The van der Waals surface area contributed by atoms with Crippen molar-refractivity contribution in [3.8, 4) is 0 Å². The highest BCUT2D eigenvalue weighted by atomic mass is 16.6. The molecule has 0 rings (SSSR count). The lowest BCUT2D eigenvalue weighted by Gasteiger charge is -2.20. The monoisotopic (exact) mass is 232 g/mol. The van der Waals surface area contributed by atoms with Crippen LogP contribution >= 0.6 is 0 Å².